The van der Waals surface area contributed by atoms with E-state index in [0.29, 0.717) is 12.8 Å². The number of allylic oxidation sites excluding steroid dienone is 6. The number of hydrogen-bond acceptors (Lipinski definition) is 8. The van der Waals surface area contributed by atoms with Crippen molar-refractivity contribution in [3.05, 3.63) is 36.5 Å². The quantitative estimate of drug-likeness (QED) is 0.0274. The maximum absolute atomic E-state index is 12.6. The molecule has 1 unspecified atom stereocenters. The van der Waals surface area contributed by atoms with Crippen LogP contribution in [0.5, 0.6) is 0 Å². The summed E-state index contributed by atoms with van der Waals surface area (Å²) >= 11 is 0. The lowest BCUT2D eigenvalue weighted by Crippen LogP contribution is -2.29. The molecule has 0 heterocycles. The first kappa shape index (κ1) is 49.2. The zero-order valence-corrected chi connectivity index (χ0v) is 33.5. The molecule has 0 rings (SSSR count). The Hall–Kier alpha value is -1.77. The second-order valence-electron chi connectivity index (χ2n) is 13.5. The van der Waals surface area contributed by atoms with Crippen LogP contribution < -0.4 is 5.73 Å². The first-order valence-electron chi connectivity index (χ1n) is 20.5. The maximum atomic E-state index is 12.6. The van der Waals surface area contributed by atoms with E-state index in [4.69, 9.17) is 24.3 Å². The molecule has 0 fully saturated rings. The van der Waals surface area contributed by atoms with E-state index in [1.807, 2.05) is 0 Å². The summed E-state index contributed by atoms with van der Waals surface area (Å²) < 4.78 is 32.7. The van der Waals surface area contributed by atoms with Crippen LogP contribution >= 0.6 is 7.82 Å². The second-order valence-corrected chi connectivity index (χ2v) is 14.9. The third-order valence-electron chi connectivity index (χ3n) is 8.54. The summed E-state index contributed by atoms with van der Waals surface area (Å²) in [6, 6.07) is 0. The van der Waals surface area contributed by atoms with Crippen LogP contribution in [-0.4, -0.2) is 49.3 Å². The Bertz CT molecular complexity index is 939. The van der Waals surface area contributed by atoms with Crippen molar-refractivity contribution < 1.29 is 37.6 Å². The van der Waals surface area contributed by atoms with Crippen LogP contribution in [0.25, 0.3) is 0 Å². The van der Waals surface area contributed by atoms with E-state index in [9.17, 15) is 19.0 Å². The molecule has 51 heavy (non-hydrogen) atoms. The van der Waals surface area contributed by atoms with Gasteiger partial charge >= 0.3 is 19.8 Å². The zero-order valence-electron chi connectivity index (χ0n) is 32.6. The van der Waals surface area contributed by atoms with Crippen molar-refractivity contribution in [2.24, 2.45) is 5.73 Å². The summed E-state index contributed by atoms with van der Waals surface area (Å²) in [4.78, 5) is 34.8. The second kappa shape index (κ2) is 38.0. The molecule has 298 valence electrons. The molecule has 0 aliphatic carbocycles. The molecule has 0 aromatic carbocycles. The summed E-state index contributed by atoms with van der Waals surface area (Å²) in [7, 11) is -4.37. The highest BCUT2D eigenvalue weighted by molar-refractivity contribution is 7.47. The van der Waals surface area contributed by atoms with E-state index < -0.39 is 32.5 Å². The van der Waals surface area contributed by atoms with Gasteiger partial charge in [-0.05, 0) is 44.9 Å². The molecule has 0 saturated carbocycles. The highest BCUT2D eigenvalue weighted by atomic mass is 31.2. The molecule has 0 aromatic heterocycles. The lowest BCUT2D eigenvalue weighted by Gasteiger charge is -2.19. The van der Waals surface area contributed by atoms with Crippen molar-refractivity contribution in [1.29, 1.82) is 0 Å². The SMILES string of the molecule is CC/C=C\C/C=C\C/C=C\CCCCCCCC(=O)OC[C@H](COP(=O)(O)OCCN)OC(=O)CCCCCCCCCCCCCCCCC. The number of carbonyl (C=O) groups is 2. The van der Waals surface area contributed by atoms with Gasteiger partial charge in [0.1, 0.15) is 6.61 Å². The van der Waals surface area contributed by atoms with Gasteiger partial charge in [-0.1, -0.05) is 159 Å². The smallest absolute Gasteiger partial charge is 0.462 e. The van der Waals surface area contributed by atoms with E-state index in [-0.39, 0.29) is 32.6 Å². The fraction of sp³-hybridized carbons (Fsp3) is 0.805. The van der Waals surface area contributed by atoms with Gasteiger partial charge in [-0.2, -0.15) is 0 Å². The predicted molar refractivity (Wildman–Crippen MR) is 210 cm³/mol. The van der Waals surface area contributed by atoms with Crippen molar-refractivity contribution in [2.45, 2.75) is 187 Å². The first-order chi connectivity index (χ1) is 24.8. The molecule has 0 radical (unpaired) electrons. The first-order valence-corrected chi connectivity index (χ1v) is 22.0. The normalized spacial score (nSPS) is 13.7. The fourth-order valence-corrected chi connectivity index (χ4v) is 6.30. The number of hydrogen-bond donors (Lipinski definition) is 2. The molecule has 10 heteroatoms. The Morgan fingerprint density at radius 3 is 1.61 bits per heavy atom. The number of phosphoric ester groups is 1. The molecular weight excluding hydrogens is 665 g/mol. The van der Waals surface area contributed by atoms with E-state index in [2.05, 4.69) is 50.3 Å². The van der Waals surface area contributed by atoms with E-state index in [0.717, 1.165) is 64.2 Å². The number of phosphoric acid groups is 1. The van der Waals surface area contributed by atoms with Crippen molar-refractivity contribution in [2.75, 3.05) is 26.4 Å². The van der Waals surface area contributed by atoms with Gasteiger partial charge < -0.3 is 20.1 Å². The molecule has 0 aliphatic heterocycles. The van der Waals surface area contributed by atoms with Crippen molar-refractivity contribution in [3.8, 4) is 0 Å². The van der Waals surface area contributed by atoms with Gasteiger partial charge in [-0.3, -0.25) is 18.6 Å². The van der Waals surface area contributed by atoms with Crippen LogP contribution in [-0.2, 0) is 32.7 Å². The Labute approximate surface area is 312 Å². The third-order valence-corrected chi connectivity index (χ3v) is 9.52. The maximum Gasteiger partial charge on any atom is 0.472 e. The highest BCUT2D eigenvalue weighted by Crippen LogP contribution is 2.43. The number of carbonyl (C=O) groups excluding carboxylic acids is 2. The van der Waals surface area contributed by atoms with Gasteiger partial charge in [-0.25, -0.2) is 4.57 Å². The highest BCUT2D eigenvalue weighted by Gasteiger charge is 2.26. The summed E-state index contributed by atoms with van der Waals surface area (Å²) in [5, 5.41) is 0. The van der Waals surface area contributed by atoms with Crippen molar-refractivity contribution in [3.63, 3.8) is 0 Å². The molecular formula is C41H76NO8P. The number of nitrogens with two attached hydrogens (primary N) is 1. The van der Waals surface area contributed by atoms with Gasteiger partial charge in [0.25, 0.3) is 0 Å². The molecule has 0 bridgehead atoms. The predicted octanol–water partition coefficient (Wildman–Crippen LogP) is 11.4. The Kier molecular flexibility index (Phi) is 36.7. The lowest BCUT2D eigenvalue weighted by atomic mass is 10.0. The largest absolute Gasteiger partial charge is 0.472 e. The minimum Gasteiger partial charge on any atom is -0.462 e. The lowest BCUT2D eigenvalue weighted by molar-refractivity contribution is -0.161. The average Bonchev–Trinajstić information content (AvgIpc) is 3.11. The molecule has 0 spiro atoms. The standard InChI is InChI=1S/C41H76NO8P/c1-3-5-7-9-11-13-15-17-19-21-23-25-27-29-31-33-40(43)47-37-39(38-49-51(45,46)48-36-35-42)50-41(44)34-32-30-28-26-24-22-20-18-16-14-12-10-8-6-4-2/h5,7,11,13,17,19,39H,3-4,6,8-10,12,14-16,18,20-38,42H2,1-2H3,(H,45,46)/b7-5-,13-11-,19-17-/t39-/m1/s1. The minimum atomic E-state index is -4.37. The van der Waals surface area contributed by atoms with E-state index >= 15 is 0 Å². The van der Waals surface area contributed by atoms with Crippen molar-refractivity contribution in [1.82, 2.24) is 0 Å². The van der Waals surface area contributed by atoms with Gasteiger partial charge in [0.15, 0.2) is 6.10 Å². The Morgan fingerprint density at radius 2 is 1.08 bits per heavy atom. The van der Waals surface area contributed by atoms with Crippen molar-refractivity contribution >= 4 is 19.8 Å². The number of unbranched alkanes of at least 4 members (excludes halogenated alkanes) is 19. The summed E-state index contributed by atoms with van der Waals surface area (Å²) in [5.74, 6) is -0.845. The van der Waals surface area contributed by atoms with Crippen LogP contribution in [0, 0.1) is 0 Å². The monoisotopic (exact) mass is 742 g/mol. The molecule has 3 N–H and O–H groups in total. The van der Waals surface area contributed by atoms with Crippen LogP contribution in [0.4, 0.5) is 0 Å². The molecule has 0 aliphatic rings. The molecule has 9 nitrogen and oxygen atoms in total. The topological polar surface area (TPSA) is 134 Å². The van der Waals surface area contributed by atoms with Crippen LogP contribution in [0.15, 0.2) is 36.5 Å². The van der Waals surface area contributed by atoms with E-state index in [1.165, 1.54) is 77.0 Å². The van der Waals surface area contributed by atoms with Crippen LogP contribution in [0.3, 0.4) is 0 Å². The minimum absolute atomic E-state index is 0.0513. The van der Waals surface area contributed by atoms with Crippen LogP contribution in [0.2, 0.25) is 0 Å². The number of rotatable bonds is 38. The molecule has 0 aromatic rings. The summed E-state index contributed by atoms with van der Waals surface area (Å²) in [6.45, 7) is 3.60. The Balaban J connectivity index is 4.20. The van der Waals surface area contributed by atoms with Gasteiger partial charge in [0, 0.05) is 19.4 Å². The van der Waals surface area contributed by atoms with Gasteiger partial charge in [0.2, 0.25) is 0 Å². The van der Waals surface area contributed by atoms with Gasteiger partial charge in [0.05, 0.1) is 13.2 Å². The summed E-state index contributed by atoms with van der Waals surface area (Å²) in [5.41, 5.74) is 5.34. The molecule has 2 atom stereocenters. The third kappa shape index (κ3) is 37.8. The molecule has 0 amide bonds. The fourth-order valence-electron chi connectivity index (χ4n) is 5.53. The van der Waals surface area contributed by atoms with Crippen LogP contribution in [0.1, 0.15) is 181 Å². The zero-order chi connectivity index (χ0) is 37.5. The number of esters is 2. The molecule has 0 saturated heterocycles. The summed E-state index contributed by atoms with van der Waals surface area (Å²) in [6.07, 6.45) is 40.3. The van der Waals surface area contributed by atoms with Gasteiger partial charge in [-0.15, -0.1) is 0 Å². The van der Waals surface area contributed by atoms with E-state index in [1.54, 1.807) is 0 Å². The average molecular weight is 742 g/mol. The Morgan fingerprint density at radius 1 is 0.608 bits per heavy atom. The number of ether oxygens (including phenoxy) is 2.